The van der Waals surface area contributed by atoms with E-state index >= 15 is 0 Å². The third-order valence-corrected chi connectivity index (χ3v) is 3.95. The molecule has 0 unspecified atom stereocenters. The first-order chi connectivity index (χ1) is 10.4. The van der Waals surface area contributed by atoms with E-state index in [1.54, 1.807) is 31.0 Å². The Kier molecular flexibility index (Phi) is 4.92. The minimum absolute atomic E-state index is 0.102. The van der Waals surface area contributed by atoms with Crippen molar-refractivity contribution in [2.75, 3.05) is 11.9 Å². The summed E-state index contributed by atoms with van der Waals surface area (Å²) in [6, 6.07) is 0. The summed E-state index contributed by atoms with van der Waals surface area (Å²) in [4.78, 5) is 27.9. The molecule has 0 saturated heterocycles. The highest BCUT2D eigenvalue weighted by Gasteiger charge is 2.18. The third kappa shape index (κ3) is 3.51. The van der Waals surface area contributed by atoms with Crippen LogP contribution in [-0.4, -0.2) is 33.2 Å². The number of hydrogen-bond acceptors (Lipinski definition) is 6. The molecule has 0 aliphatic rings. The number of aryl methyl sites for hydroxylation is 2. The largest absolute Gasteiger partial charge is 0.466 e. The molecule has 22 heavy (non-hydrogen) atoms. The maximum atomic E-state index is 12.3. The Morgan fingerprint density at radius 1 is 1.41 bits per heavy atom. The molecule has 0 bridgehead atoms. The number of esters is 1. The number of anilines is 1. The molecule has 1 amide bonds. The van der Waals surface area contributed by atoms with Crippen molar-refractivity contribution < 1.29 is 14.3 Å². The summed E-state index contributed by atoms with van der Waals surface area (Å²) in [6.45, 7) is 5.72. The quantitative estimate of drug-likeness (QED) is 0.849. The molecular formula is C14H18N4O3S. The first kappa shape index (κ1) is 16.2. The maximum Gasteiger partial charge on any atom is 0.311 e. The Balaban J connectivity index is 2.06. The van der Waals surface area contributed by atoms with Gasteiger partial charge in [0.15, 0.2) is 5.13 Å². The number of rotatable bonds is 5. The molecule has 0 atom stereocenters. The minimum atomic E-state index is -0.329. The molecule has 118 valence electrons. The Morgan fingerprint density at radius 3 is 2.73 bits per heavy atom. The second kappa shape index (κ2) is 6.69. The summed E-state index contributed by atoms with van der Waals surface area (Å²) >= 11 is 1.27. The molecule has 2 aromatic rings. The number of amides is 1. The van der Waals surface area contributed by atoms with Crippen molar-refractivity contribution in [3.8, 4) is 0 Å². The summed E-state index contributed by atoms with van der Waals surface area (Å²) in [5, 5.41) is 9.14. The molecule has 8 heteroatoms. The smallest absolute Gasteiger partial charge is 0.311 e. The monoisotopic (exact) mass is 322 g/mol. The molecule has 0 aromatic carbocycles. The second-order valence-corrected chi connectivity index (χ2v) is 5.61. The van der Waals surface area contributed by atoms with Gasteiger partial charge in [0, 0.05) is 18.1 Å². The van der Waals surface area contributed by atoms with Crippen LogP contribution in [0.3, 0.4) is 0 Å². The van der Waals surface area contributed by atoms with E-state index in [1.165, 1.54) is 11.3 Å². The van der Waals surface area contributed by atoms with Crippen LogP contribution in [0.15, 0.2) is 5.38 Å². The van der Waals surface area contributed by atoms with E-state index in [-0.39, 0.29) is 18.3 Å². The van der Waals surface area contributed by atoms with Gasteiger partial charge in [-0.3, -0.25) is 19.6 Å². The van der Waals surface area contributed by atoms with Crippen LogP contribution >= 0.6 is 11.3 Å². The van der Waals surface area contributed by atoms with Gasteiger partial charge in [-0.25, -0.2) is 4.98 Å². The highest BCUT2D eigenvalue weighted by Crippen LogP contribution is 2.19. The zero-order chi connectivity index (χ0) is 16.3. The average Bonchev–Trinajstić information content (AvgIpc) is 2.95. The lowest BCUT2D eigenvalue weighted by Crippen LogP contribution is -2.14. The maximum absolute atomic E-state index is 12.3. The molecule has 2 heterocycles. The molecule has 2 aromatic heterocycles. The SMILES string of the molecule is CCOC(=O)Cc1csc(NC(=O)c2c(C)nn(C)c2C)n1. The zero-order valence-corrected chi connectivity index (χ0v) is 13.8. The summed E-state index contributed by atoms with van der Waals surface area (Å²) in [5.74, 6) is -0.579. The van der Waals surface area contributed by atoms with Crippen LogP contribution in [0.2, 0.25) is 0 Å². The normalized spacial score (nSPS) is 10.5. The number of ether oxygens (including phenoxy) is 1. The zero-order valence-electron chi connectivity index (χ0n) is 13.0. The van der Waals surface area contributed by atoms with Gasteiger partial charge in [-0.1, -0.05) is 0 Å². The number of thiazole rings is 1. The average molecular weight is 322 g/mol. The van der Waals surface area contributed by atoms with E-state index in [1.807, 2.05) is 6.92 Å². The van der Waals surface area contributed by atoms with Crippen LogP contribution in [-0.2, 0) is 23.0 Å². The molecule has 1 N–H and O–H groups in total. The van der Waals surface area contributed by atoms with Crippen molar-refractivity contribution in [2.45, 2.75) is 27.2 Å². The summed E-state index contributed by atoms with van der Waals surface area (Å²) < 4.78 is 6.53. The van der Waals surface area contributed by atoms with Crippen molar-refractivity contribution in [3.05, 3.63) is 28.0 Å². The van der Waals surface area contributed by atoms with Gasteiger partial charge < -0.3 is 4.74 Å². The van der Waals surface area contributed by atoms with E-state index in [4.69, 9.17) is 4.74 Å². The van der Waals surface area contributed by atoms with E-state index in [9.17, 15) is 9.59 Å². The van der Waals surface area contributed by atoms with Gasteiger partial charge in [-0.15, -0.1) is 11.3 Å². The van der Waals surface area contributed by atoms with Gasteiger partial charge in [-0.2, -0.15) is 5.10 Å². The van der Waals surface area contributed by atoms with Crippen LogP contribution < -0.4 is 5.32 Å². The van der Waals surface area contributed by atoms with E-state index in [0.29, 0.717) is 28.7 Å². The van der Waals surface area contributed by atoms with Crippen molar-refractivity contribution in [1.82, 2.24) is 14.8 Å². The highest BCUT2D eigenvalue weighted by atomic mass is 32.1. The third-order valence-electron chi connectivity index (χ3n) is 3.14. The fraction of sp³-hybridized carbons (Fsp3) is 0.429. The molecule has 0 spiro atoms. The van der Waals surface area contributed by atoms with Gasteiger partial charge in [-0.05, 0) is 20.8 Å². The van der Waals surface area contributed by atoms with Gasteiger partial charge in [0.2, 0.25) is 0 Å². The summed E-state index contributed by atoms with van der Waals surface area (Å²) in [6.07, 6.45) is 0.102. The van der Waals surface area contributed by atoms with Crippen LogP contribution in [0.4, 0.5) is 5.13 Å². The van der Waals surface area contributed by atoms with Crippen LogP contribution in [0.25, 0.3) is 0 Å². The van der Waals surface area contributed by atoms with Crippen LogP contribution in [0.1, 0.15) is 34.4 Å². The molecule has 0 saturated carbocycles. The number of aromatic nitrogens is 3. The fourth-order valence-corrected chi connectivity index (χ4v) is 2.77. The molecule has 0 fully saturated rings. The minimum Gasteiger partial charge on any atom is -0.466 e. The van der Waals surface area contributed by atoms with Crippen molar-refractivity contribution in [1.29, 1.82) is 0 Å². The molecule has 0 aliphatic carbocycles. The lowest BCUT2D eigenvalue weighted by Gasteiger charge is -2.02. The Labute approximate surface area is 132 Å². The topological polar surface area (TPSA) is 86.1 Å². The summed E-state index contributed by atoms with van der Waals surface area (Å²) in [7, 11) is 1.79. The van der Waals surface area contributed by atoms with Crippen molar-refractivity contribution >= 4 is 28.3 Å². The molecule has 7 nitrogen and oxygen atoms in total. The molecule has 2 rings (SSSR count). The predicted molar refractivity (Wildman–Crippen MR) is 83.1 cm³/mol. The van der Waals surface area contributed by atoms with Gasteiger partial charge in [0.1, 0.15) is 0 Å². The standard InChI is InChI=1S/C14H18N4O3S/c1-5-21-11(19)6-10-7-22-14(15-10)16-13(20)12-8(2)17-18(4)9(12)3/h7H,5-6H2,1-4H3,(H,15,16,20). The van der Waals surface area contributed by atoms with Crippen molar-refractivity contribution in [3.63, 3.8) is 0 Å². The van der Waals surface area contributed by atoms with E-state index in [2.05, 4.69) is 15.4 Å². The number of carbonyl (C=O) groups excluding carboxylic acids is 2. The highest BCUT2D eigenvalue weighted by molar-refractivity contribution is 7.14. The lowest BCUT2D eigenvalue weighted by atomic mass is 10.2. The second-order valence-electron chi connectivity index (χ2n) is 4.75. The Morgan fingerprint density at radius 2 is 2.14 bits per heavy atom. The van der Waals surface area contributed by atoms with Crippen molar-refractivity contribution in [2.24, 2.45) is 7.05 Å². The molecule has 0 radical (unpaired) electrons. The van der Waals surface area contributed by atoms with Gasteiger partial charge >= 0.3 is 5.97 Å². The van der Waals surface area contributed by atoms with Crippen LogP contribution in [0, 0.1) is 13.8 Å². The Hall–Kier alpha value is -2.22. The predicted octanol–water partition coefficient (Wildman–Crippen LogP) is 1.85. The number of nitrogens with one attached hydrogen (secondary N) is 1. The first-order valence-corrected chi connectivity index (χ1v) is 7.72. The molecule has 0 aliphatic heterocycles. The number of hydrogen-bond donors (Lipinski definition) is 1. The van der Waals surface area contributed by atoms with Gasteiger partial charge in [0.05, 0.1) is 30.0 Å². The number of carbonyl (C=O) groups is 2. The first-order valence-electron chi connectivity index (χ1n) is 6.84. The lowest BCUT2D eigenvalue weighted by molar-refractivity contribution is -0.142. The van der Waals surface area contributed by atoms with Gasteiger partial charge in [0.25, 0.3) is 5.91 Å². The Bertz CT molecular complexity index is 705. The van der Waals surface area contributed by atoms with E-state index < -0.39 is 0 Å². The summed E-state index contributed by atoms with van der Waals surface area (Å²) in [5.41, 5.74) is 2.59. The van der Waals surface area contributed by atoms with Crippen LogP contribution in [0.5, 0.6) is 0 Å². The molecular weight excluding hydrogens is 304 g/mol. The van der Waals surface area contributed by atoms with E-state index in [0.717, 1.165) is 5.69 Å². The fourth-order valence-electron chi connectivity index (χ4n) is 2.07. The number of nitrogens with zero attached hydrogens (tertiary/aromatic N) is 3.